The van der Waals surface area contributed by atoms with Gasteiger partial charge in [0.1, 0.15) is 0 Å². The Balaban J connectivity index is 1.56. The topological polar surface area (TPSA) is 9.23 Å². The van der Waals surface area contributed by atoms with Gasteiger partial charge in [0, 0.05) is 0 Å². The van der Waals surface area contributed by atoms with Gasteiger partial charge in [-0.15, -0.1) is 0 Å². The molecule has 0 aromatic heterocycles. The molecular formula is C33H28ClOP. The SMILES string of the molecule is ClP(CC=Cc1cccc(Oc2ccccc2)c1)(c1ccccc1)(c1ccccc1)c1ccccc1. The molecule has 0 heterocycles. The molecule has 0 atom stereocenters. The number of halogens is 1. The van der Waals surface area contributed by atoms with Crippen LogP contribution in [-0.4, -0.2) is 6.16 Å². The zero-order valence-corrected chi connectivity index (χ0v) is 21.6. The fourth-order valence-corrected chi connectivity index (χ4v) is 10.3. The quantitative estimate of drug-likeness (QED) is 0.193. The molecule has 0 radical (unpaired) electrons. The molecule has 36 heavy (non-hydrogen) atoms. The third-order valence-corrected chi connectivity index (χ3v) is 13.7. The van der Waals surface area contributed by atoms with Crippen LogP contribution < -0.4 is 20.7 Å². The fraction of sp³-hybridized carbons (Fsp3) is 0.0303. The third kappa shape index (κ3) is 4.73. The molecule has 178 valence electrons. The van der Waals surface area contributed by atoms with Crippen molar-refractivity contribution < 1.29 is 4.74 Å². The second kappa shape index (κ2) is 10.5. The summed E-state index contributed by atoms with van der Waals surface area (Å²) >= 11 is 8.13. The van der Waals surface area contributed by atoms with E-state index in [1.165, 1.54) is 0 Å². The van der Waals surface area contributed by atoms with Gasteiger partial charge in [-0.05, 0) is 0 Å². The number of allylic oxidation sites excluding steroid dienone is 1. The summed E-state index contributed by atoms with van der Waals surface area (Å²) in [6.07, 6.45) is 5.06. The summed E-state index contributed by atoms with van der Waals surface area (Å²) in [5.41, 5.74) is 1.07. The van der Waals surface area contributed by atoms with Gasteiger partial charge in [0.15, 0.2) is 0 Å². The number of hydrogen-bond donors (Lipinski definition) is 0. The maximum atomic E-state index is 8.13. The van der Waals surface area contributed by atoms with Crippen LogP contribution in [0, 0.1) is 0 Å². The van der Waals surface area contributed by atoms with Gasteiger partial charge in [0.2, 0.25) is 0 Å². The third-order valence-electron chi connectivity index (χ3n) is 6.48. The standard InChI is InChI=1S/C33H28ClOP/c34-36(31-20-7-2-8-21-31,32-22-9-3-10-23-32,33-24-11-4-12-25-33)26-14-16-28-15-13-19-30(27-28)35-29-17-5-1-6-18-29/h1-25,27H,26H2. The Morgan fingerprint density at radius 2 is 0.972 bits per heavy atom. The summed E-state index contributed by atoms with van der Waals surface area (Å²) in [6.45, 7) is 0. The number of benzene rings is 5. The van der Waals surface area contributed by atoms with Crippen LogP contribution >= 0.6 is 17.2 Å². The van der Waals surface area contributed by atoms with Gasteiger partial charge < -0.3 is 0 Å². The van der Waals surface area contributed by atoms with Crippen molar-refractivity contribution in [1.82, 2.24) is 0 Å². The van der Waals surface area contributed by atoms with Gasteiger partial charge >= 0.3 is 219 Å². The first-order valence-electron chi connectivity index (χ1n) is 12.1. The van der Waals surface area contributed by atoms with Crippen LogP contribution in [0.25, 0.3) is 6.08 Å². The molecule has 0 spiro atoms. The molecule has 5 aromatic carbocycles. The van der Waals surface area contributed by atoms with E-state index in [1.54, 1.807) is 0 Å². The predicted molar refractivity (Wildman–Crippen MR) is 158 cm³/mol. The van der Waals surface area contributed by atoms with Crippen molar-refractivity contribution in [2.45, 2.75) is 0 Å². The normalized spacial score (nSPS) is 12.6. The number of para-hydroxylation sites is 1. The second-order valence-corrected chi connectivity index (χ2v) is 15.3. The van der Waals surface area contributed by atoms with E-state index in [2.05, 4.69) is 97.1 Å². The first-order valence-corrected chi connectivity index (χ1v) is 15.4. The number of rotatable bonds is 8. The maximum absolute atomic E-state index is 8.13. The average Bonchev–Trinajstić information content (AvgIpc) is 2.95. The summed E-state index contributed by atoms with van der Waals surface area (Å²) in [5.74, 6) is -1.69. The predicted octanol–water partition coefficient (Wildman–Crippen LogP) is 8.18. The van der Waals surface area contributed by atoms with Crippen LogP contribution in [0.1, 0.15) is 5.56 Å². The Kier molecular flexibility index (Phi) is 7.05. The van der Waals surface area contributed by atoms with Gasteiger partial charge in [0.05, 0.1) is 0 Å². The zero-order valence-electron chi connectivity index (χ0n) is 20.0. The Morgan fingerprint density at radius 3 is 1.47 bits per heavy atom. The van der Waals surface area contributed by atoms with Crippen molar-refractivity contribution in [3.05, 3.63) is 157 Å². The molecule has 0 N–H and O–H groups in total. The van der Waals surface area contributed by atoms with Crippen molar-refractivity contribution >= 4 is 39.2 Å². The molecule has 0 amide bonds. The van der Waals surface area contributed by atoms with E-state index in [1.807, 2.05) is 60.7 Å². The Hall–Kier alpha value is -3.64. The minimum absolute atomic E-state index is 0.689. The Morgan fingerprint density at radius 1 is 0.528 bits per heavy atom. The summed E-state index contributed by atoms with van der Waals surface area (Å²) in [5, 5.41) is 3.48. The first kappa shape index (κ1) is 24.1. The van der Waals surface area contributed by atoms with Crippen molar-refractivity contribution in [2.75, 3.05) is 6.16 Å². The van der Waals surface area contributed by atoms with Crippen LogP contribution in [0.2, 0.25) is 0 Å². The molecule has 0 fully saturated rings. The van der Waals surface area contributed by atoms with Gasteiger partial charge in [0.25, 0.3) is 0 Å². The number of ether oxygens (including phenoxy) is 1. The molecule has 0 saturated carbocycles. The molecule has 5 aromatic rings. The van der Waals surface area contributed by atoms with E-state index in [0.29, 0.717) is 6.16 Å². The molecule has 1 nitrogen and oxygen atoms in total. The van der Waals surface area contributed by atoms with Crippen molar-refractivity contribution in [2.24, 2.45) is 0 Å². The molecule has 0 saturated heterocycles. The summed E-state index contributed by atoms with van der Waals surface area (Å²) in [7, 11) is 0. The van der Waals surface area contributed by atoms with Crippen molar-refractivity contribution in [3.63, 3.8) is 0 Å². The van der Waals surface area contributed by atoms with Gasteiger partial charge in [-0.25, -0.2) is 0 Å². The van der Waals surface area contributed by atoms with Crippen LogP contribution in [0.3, 0.4) is 0 Å². The fourth-order valence-electron chi connectivity index (χ4n) is 4.67. The van der Waals surface area contributed by atoms with E-state index >= 15 is 0 Å². The average molecular weight is 507 g/mol. The molecule has 0 aliphatic heterocycles. The summed E-state index contributed by atoms with van der Waals surface area (Å²) in [6, 6.07) is 49.7. The molecular weight excluding hydrogens is 479 g/mol. The van der Waals surface area contributed by atoms with E-state index in [-0.39, 0.29) is 0 Å². The molecule has 0 unspecified atom stereocenters. The van der Waals surface area contributed by atoms with Crippen molar-refractivity contribution in [1.29, 1.82) is 0 Å². The van der Waals surface area contributed by atoms with E-state index in [4.69, 9.17) is 16.0 Å². The summed E-state index contributed by atoms with van der Waals surface area (Å²) < 4.78 is 6.04. The van der Waals surface area contributed by atoms with Crippen LogP contribution in [0.4, 0.5) is 0 Å². The monoisotopic (exact) mass is 506 g/mol. The van der Waals surface area contributed by atoms with Crippen LogP contribution in [0.15, 0.2) is 152 Å². The number of hydrogen-bond acceptors (Lipinski definition) is 1. The molecule has 3 heteroatoms. The van der Waals surface area contributed by atoms with Crippen molar-refractivity contribution in [3.8, 4) is 11.5 Å². The molecule has 0 aliphatic rings. The second-order valence-electron chi connectivity index (χ2n) is 8.76. The van der Waals surface area contributed by atoms with Gasteiger partial charge in [-0.3, -0.25) is 0 Å². The van der Waals surface area contributed by atoms with E-state index < -0.39 is 5.96 Å². The zero-order chi connectivity index (χ0) is 24.7. The van der Waals surface area contributed by atoms with Crippen LogP contribution in [0.5, 0.6) is 11.5 Å². The summed E-state index contributed by atoms with van der Waals surface area (Å²) in [4.78, 5) is 0. The molecule has 0 bridgehead atoms. The van der Waals surface area contributed by atoms with Crippen LogP contribution in [-0.2, 0) is 0 Å². The van der Waals surface area contributed by atoms with Gasteiger partial charge in [-0.1, -0.05) is 0 Å². The molecule has 0 aliphatic carbocycles. The van der Waals surface area contributed by atoms with Gasteiger partial charge in [-0.2, -0.15) is 0 Å². The Bertz CT molecular complexity index is 1340. The first-order chi connectivity index (χ1) is 17.7. The Labute approximate surface area is 218 Å². The minimum atomic E-state index is -3.31. The van der Waals surface area contributed by atoms with E-state index in [9.17, 15) is 0 Å². The van der Waals surface area contributed by atoms with E-state index in [0.717, 1.165) is 33.0 Å². The molecule has 5 rings (SSSR count).